The van der Waals surface area contributed by atoms with Crippen LogP contribution in [-0.4, -0.2) is 8.42 Å². The molecule has 20 heavy (non-hydrogen) atoms. The summed E-state index contributed by atoms with van der Waals surface area (Å²) in [6.07, 6.45) is -1.15. The molecule has 0 radical (unpaired) electrons. The van der Waals surface area contributed by atoms with E-state index in [0.717, 1.165) is 5.56 Å². The molecule has 0 aliphatic rings. The van der Waals surface area contributed by atoms with Gasteiger partial charge in [-0.3, -0.25) is 0 Å². The lowest BCUT2D eigenvalue weighted by atomic mass is 10.1. The van der Waals surface area contributed by atoms with Gasteiger partial charge in [-0.1, -0.05) is 48.0 Å². The van der Waals surface area contributed by atoms with Gasteiger partial charge >= 0.3 is 0 Å². The summed E-state index contributed by atoms with van der Waals surface area (Å²) < 4.78 is 29.2. The molecular formula is C15H13NO3S. The van der Waals surface area contributed by atoms with Gasteiger partial charge < -0.3 is 0 Å². The molecule has 5 heteroatoms. The van der Waals surface area contributed by atoms with Crippen molar-refractivity contribution in [2.75, 3.05) is 0 Å². The molecule has 2 rings (SSSR count). The Morgan fingerprint density at radius 3 is 2.20 bits per heavy atom. The lowest BCUT2D eigenvalue weighted by Crippen LogP contribution is -2.11. The van der Waals surface area contributed by atoms with Crippen LogP contribution in [0.15, 0.2) is 59.5 Å². The van der Waals surface area contributed by atoms with Gasteiger partial charge in [0.25, 0.3) is 10.1 Å². The maximum atomic E-state index is 12.1. The van der Waals surface area contributed by atoms with Crippen molar-refractivity contribution in [1.29, 1.82) is 5.26 Å². The smallest absolute Gasteiger partial charge is 0.243 e. The zero-order valence-electron chi connectivity index (χ0n) is 10.9. The second kappa shape index (κ2) is 5.87. The summed E-state index contributed by atoms with van der Waals surface area (Å²) in [7, 11) is -3.96. The van der Waals surface area contributed by atoms with Crippen molar-refractivity contribution in [2.24, 2.45) is 0 Å². The van der Waals surface area contributed by atoms with Gasteiger partial charge in [0.15, 0.2) is 6.10 Å². The zero-order chi connectivity index (χ0) is 14.6. The van der Waals surface area contributed by atoms with E-state index >= 15 is 0 Å². The first-order chi connectivity index (χ1) is 9.53. The number of hydrogen-bond acceptors (Lipinski definition) is 4. The van der Waals surface area contributed by atoms with Crippen LogP contribution in [-0.2, 0) is 14.3 Å². The summed E-state index contributed by atoms with van der Waals surface area (Å²) in [5, 5.41) is 9.09. The maximum Gasteiger partial charge on any atom is 0.298 e. The average Bonchev–Trinajstić information content (AvgIpc) is 2.46. The SMILES string of the molecule is Cc1ccc(S(=O)(=O)O[C@H](C#N)c2ccccc2)cc1. The van der Waals surface area contributed by atoms with Crippen molar-refractivity contribution in [2.45, 2.75) is 17.9 Å². The number of aryl methyl sites for hydroxylation is 1. The maximum absolute atomic E-state index is 12.1. The standard InChI is InChI=1S/C15H13NO3S/c1-12-7-9-14(10-8-12)20(17,18)19-15(11-16)13-5-3-2-4-6-13/h2-10,15H,1H3/t15-/m1/s1. The minimum Gasteiger partial charge on any atom is -0.243 e. The summed E-state index contributed by atoms with van der Waals surface area (Å²) in [4.78, 5) is 0.0410. The van der Waals surface area contributed by atoms with E-state index in [4.69, 9.17) is 9.44 Å². The molecule has 0 aliphatic heterocycles. The summed E-state index contributed by atoms with van der Waals surface area (Å²) in [5.41, 5.74) is 1.45. The van der Waals surface area contributed by atoms with Crippen molar-refractivity contribution in [3.05, 3.63) is 65.7 Å². The van der Waals surface area contributed by atoms with Crippen LogP contribution in [0, 0.1) is 18.3 Å². The van der Waals surface area contributed by atoms with Gasteiger partial charge in [0, 0.05) is 0 Å². The Labute approximate surface area is 118 Å². The Morgan fingerprint density at radius 1 is 1.05 bits per heavy atom. The minimum atomic E-state index is -3.96. The third kappa shape index (κ3) is 3.23. The summed E-state index contributed by atoms with van der Waals surface area (Å²) >= 11 is 0. The molecule has 0 aliphatic carbocycles. The molecule has 0 amide bonds. The fourth-order valence-corrected chi connectivity index (χ4v) is 2.65. The lowest BCUT2D eigenvalue weighted by Gasteiger charge is -2.11. The van der Waals surface area contributed by atoms with E-state index in [1.54, 1.807) is 42.5 Å². The van der Waals surface area contributed by atoms with E-state index in [0.29, 0.717) is 5.56 Å². The molecule has 102 valence electrons. The van der Waals surface area contributed by atoms with Crippen LogP contribution < -0.4 is 0 Å². The van der Waals surface area contributed by atoms with E-state index in [9.17, 15) is 8.42 Å². The quantitative estimate of drug-likeness (QED) is 0.811. The predicted molar refractivity (Wildman–Crippen MR) is 74.2 cm³/mol. The normalized spacial score (nSPS) is 12.6. The van der Waals surface area contributed by atoms with Crippen molar-refractivity contribution in [3.63, 3.8) is 0 Å². The Balaban J connectivity index is 2.28. The molecule has 2 aromatic rings. The van der Waals surface area contributed by atoms with Crippen LogP contribution in [0.25, 0.3) is 0 Å². The third-order valence-electron chi connectivity index (χ3n) is 2.75. The molecule has 0 heterocycles. The molecule has 0 N–H and O–H groups in total. The van der Waals surface area contributed by atoms with Gasteiger partial charge in [-0.2, -0.15) is 13.7 Å². The molecule has 0 spiro atoms. The molecule has 0 fully saturated rings. The third-order valence-corrected chi connectivity index (χ3v) is 4.05. The highest BCUT2D eigenvalue weighted by molar-refractivity contribution is 7.86. The summed E-state index contributed by atoms with van der Waals surface area (Å²) in [6, 6.07) is 16.7. The highest BCUT2D eigenvalue weighted by atomic mass is 32.2. The molecule has 4 nitrogen and oxygen atoms in total. The van der Waals surface area contributed by atoms with Crippen LogP contribution in [0.5, 0.6) is 0 Å². The van der Waals surface area contributed by atoms with E-state index in [2.05, 4.69) is 0 Å². The van der Waals surface area contributed by atoms with Crippen LogP contribution in [0.4, 0.5) is 0 Å². The van der Waals surface area contributed by atoms with E-state index < -0.39 is 16.2 Å². The number of rotatable bonds is 4. The second-order valence-corrected chi connectivity index (χ2v) is 5.86. The van der Waals surface area contributed by atoms with Gasteiger partial charge in [0.2, 0.25) is 0 Å². The van der Waals surface area contributed by atoms with Gasteiger partial charge in [-0.15, -0.1) is 0 Å². The monoisotopic (exact) mass is 287 g/mol. The van der Waals surface area contributed by atoms with Crippen LogP contribution in [0.2, 0.25) is 0 Å². The Morgan fingerprint density at radius 2 is 1.65 bits per heavy atom. The van der Waals surface area contributed by atoms with Crippen molar-refractivity contribution >= 4 is 10.1 Å². The first kappa shape index (κ1) is 14.3. The number of benzene rings is 2. The Hall–Kier alpha value is -2.16. The first-order valence-electron chi connectivity index (χ1n) is 5.97. The molecular weight excluding hydrogens is 274 g/mol. The van der Waals surface area contributed by atoms with E-state index in [-0.39, 0.29) is 4.90 Å². The van der Waals surface area contributed by atoms with Crippen LogP contribution in [0.3, 0.4) is 0 Å². The van der Waals surface area contributed by atoms with E-state index in [1.807, 2.05) is 13.0 Å². The fraction of sp³-hybridized carbons (Fsp3) is 0.133. The van der Waals surface area contributed by atoms with Crippen molar-refractivity contribution in [1.82, 2.24) is 0 Å². The highest BCUT2D eigenvalue weighted by Gasteiger charge is 2.22. The van der Waals surface area contributed by atoms with Gasteiger partial charge in [-0.05, 0) is 24.6 Å². The molecule has 0 aromatic heterocycles. The molecule has 0 saturated heterocycles. The molecule has 1 atom stereocenters. The topological polar surface area (TPSA) is 67.2 Å². The molecule has 0 saturated carbocycles. The van der Waals surface area contributed by atoms with Gasteiger partial charge in [0.1, 0.15) is 6.07 Å². The number of nitriles is 1. The second-order valence-electron chi connectivity index (χ2n) is 4.28. The summed E-state index contributed by atoms with van der Waals surface area (Å²) in [6.45, 7) is 1.86. The van der Waals surface area contributed by atoms with Crippen molar-refractivity contribution in [3.8, 4) is 6.07 Å². The first-order valence-corrected chi connectivity index (χ1v) is 7.38. The largest absolute Gasteiger partial charge is 0.298 e. The van der Waals surface area contributed by atoms with Crippen LogP contribution in [0.1, 0.15) is 17.2 Å². The molecule has 0 unspecified atom stereocenters. The Bertz CT molecular complexity index is 716. The molecule has 0 bridgehead atoms. The van der Waals surface area contributed by atoms with E-state index in [1.165, 1.54) is 12.1 Å². The number of nitrogens with zero attached hydrogens (tertiary/aromatic N) is 1. The fourth-order valence-electron chi connectivity index (χ4n) is 1.67. The summed E-state index contributed by atoms with van der Waals surface area (Å²) in [5.74, 6) is 0. The van der Waals surface area contributed by atoms with Crippen LogP contribution >= 0.6 is 0 Å². The lowest BCUT2D eigenvalue weighted by molar-refractivity contribution is 0.268. The minimum absolute atomic E-state index is 0.0410. The number of hydrogen-bond donors (Lipinski definition) is 0. The van der Waals surface area contributed by atoms with Gasteiger partial charge in [0.05, 0.1) is 4.90 Å². The Kier molecular flexibility index (Phi) is 4.18. The highest BCUT2D eigenvalue weighted by Crippen LogP contribution is 2.23. The van der Waals surface area contributed by atoms with Gasteiger partial charge in [-0.25, -0.2) is 4.18 Å². The average molecular weight is 287 g/mol. The predicted octanol–water partition coefficient (Wildman–Crippen LogP) is 2.97. The zero-order valence-corrected chi connectivity index (χ0v) is 11.7. The van der Waals surface area contributed by atoms with Crippen molar-refractivity contribution < 1.29 is 12.6 Å². The molecule has 2 aromatic carbocycles.